The number of hydrogen-bond donors (Lipinski definition) is 2. The summed E-state index contributed by atoms with van der Waals surface area (Å²) >= 11 is 0. The maximum absolute atomic E-state index is 13.2. The largest absolute Gasteiger partial charge is 0.462 e. The molecule has 11 atom stereocenters. The molecule has 0 saturated heterocycles. The highest BCUT2D eigenvalue weighted by molar-refractivity contribution is 5.83. The molecule has 0 radical (unpaired) electrons. The Morgan fingerprint density at radius 3 is 2.45 bits per heavy atom. The Morgan fingerprint density at radius 1 is 1.10 bits per heavy atom. The SMILES string of the molecule is CCC(C)C(=O)O[C@H](C)[C@H]1CC[C@H]2[C@@H]3CC(=O)[C@H]4C[C@H](O)[C@H](O)C[C@]4(C)[C@H]3CC[C@]12C. The summed E-state index contributed by atoms with van der Waals surface area (Å²) in [6.45, 7) is 10.6. The van der Waals surface area contributed by atoms with Crippen molar-refractivity contribution in [3.05, 3.63) is 0 Å². The van der Waals surface area contributed by atoms with Gasteiger partial charge >= 0.3 is 5.97 Å². The molecule has 1 unspecified atom stereocenters. The average Bonchev–Trinajstić information content (AvgIpc) is 3.07. The van der Waals surface area contributed by atoms with Crippen molar-refractivity contribution in [3.8, 4) is 0 Å². The molecular formula is C26H42O5. The van der Waals surface area contributed by atoms with Crippen LogP contribution in [0.3, 0.4) is 0 Å². The van der Waals surface area contributed by atoms with Crippen LogP contribution in [0, 0.1) is 46.3 Å². The molecule has 0 spiro atoms. The zero-order valence-electron chi connectivity index (χ0n) is 20.0. The van der Waals surface area contributed by atoms with E-state index in [1.807, 2.05) is 13.8 Å². The number of hydrogen-bond acceptors (Lipinski definition) is 5. The van der Waals surface area contributed by atoms with Crippen LogP contribution in [-0.4, -0.2) is 40.3 Å². The van der Waals surface area contributed by atoms with Crippen molar-refractivity contribution in [2.24, 2.45) is 46.3 Å². The third kappa shape index (κ3) is 3.58. The van der Waals surface area contributed by atoms with Crippen molar-refractivity contribution in [1.29, 1.82) is 0 Å². The summed E-state index contributed by atoms with van der Waals surface area (Å²) in [7, 11) is 0. The summed E-state index contributed by atoms with van der Waals surface area (Å²) in [5, 5.41) is 20.7. The fourth-order valence-corrected chi connectivity index (χ4v) is 8.43. The molecule has 0 bridgehead atoms. The van der Waals surface area contributed by atoms with Gasteiger partial charge in [0.05, 0.1) is 18.1 Å². The minimum atomic E-state index is -0.774. The zero-order valence-corrected chi connectivity index (χ0v) is 20.0. The minimum Gasteiger partial charge on any atom is -0.462 e. The quantitative estimate of drug-likeness (QED) is 0.650. The van der Waals surface area contributed by atoms with E-state index in [0.29, 0.717) is 48.7 Å². The summed E-state index contributed by atoms with van der Waals surface area (Å²) in [5.74, 6) is 1.59. The van der Waals surface area contributed by atoms with E-state index in [-0.39, 0.29) is 34.7 Å². The number of rotatable bonds is 4. The van der Waals surface area contributed by atoms with E-state index in [9.17, 15) is 19.8 Å². The molecule has 176 valence electrons. The molecular weight excluding hydrogens is 392 g/mol. The smallest absolute Gasteiger partial charge is 0.308 e. The Balaban J connectivity index is 1.55. The summed E-state index contributed by atoms with van der Waals surface area (Å²) < 4.78 is 5.92. The van der Waals surface area contributed by atoms with Crippen molar-refractivity contribution < 1.29 is 24.5 Å². The van der Waals surface area contributed by atoms with Gasteiger partial charge in [-0.05, 0) is 80.5 Å². The van der Waals surface area contributed by atoms with E-state index in [2.05, 4.69) is 20.8 Å². The average molecular weight is 435 g/mol. The first-order chi connectivity index (χ1) is 14.5. The zero-order chi connectivity index (χ0) is 22.7. The Hall–Kier alpha value is -0.940. The predicted octanol–water partition coefficient (Wildman–Crippen LogP) is 4.13. The lowest BCUT2D eigenvalue weighted by atomic mass is 9.44. The van der Waals surface area contributed by atoms with Crippen LogP contribution in [0.4, 0.5) is 0 Å². The number of aliphatic hydroxyl groups excluding tert-OH is 2. The Kier molecular flexibility index (Phi) is 6.09. The van der Waals surface area contributed by atoms with Crippen LogP contribution < -0.4 is 0 Å². The van der Waals surface area contributed by atoms with Crippen LogP contribution in [0.1, 0.15) is 86.0 Å². The fraction of sp³-hybridized carbons (Fsp3) is 0.923. The molecule has 5 nitrogen and oxygen atoms in total. The first kappa shape index (κ1) is 23.2. The van der Waals surface area contributed by atoms with Crippen LogP contribution in [0.5, 0.6) is 0 Å². The van der Waals surface area contributed by atoms with Gasteiger partial charge in [0, 0.05) is 18.3 Å². The van der Waals surface area contributed by atoms with E-state index < -0.39 is 12.2 Å². The summed E-state index contributed by atoms with van der Waals surface area (Å²) in [5.41, 5.74) is -0.126. The van der Waals surface area contributed by atoms with Gasteiger partial charge in [0.2, 0.25) is 0 Å². The molecule has 0 aromatic carbocycles. The fourth-order valence-electron chi connectivity index (χ4n) is 8.43. The third-order valence-electron chi connectivity index (χ3n) is 10.4. The second-order valence-electron chi connectivity index (χ2n) is 11.9. The number of carbonyl (C=O) groups excluding carboxylic acids is 2. The highest BCUT2D eigenvalue weighted by Crippen LogP contribution is 2.67. The molecule has 4 rings (SSSR count). The Bertz CT molecular complexity index is 721. The number of Topliss-reactive ketones (excluding diaryl/α,β-unsaturated/α-hetero) is 1. The molecule has 0 aromatic rings. The first-order valence-electron chi connectivity index (χ1n) is 12.6. The molecule has 4 saturated carbocycles. The molecule has 5 heteroatoms. The maximum Gasteiger partial charge on any atom is 0.308 e. The summed E-state index contributed by atoms with van der Waals surface area (Å²) in [6.07, 6.45) is 5.04. The molecule has 0 heterocycles. The number of esters is 1. The van der Waals surface area contributed by atoms with Gasteiger partial charge in [-0.15, -0.1) is 0 Å². The lowest BCUT2D eigenvalue weighted by Gasteiger charge is -2.60. The monoisotopic (exact) mass is 434 g/mol. The lowest BCUT2D eigenvalue weighted by Crippen LogP contribution is -2.59. The van der Waals surface area contributed by atoms with Crippen molar-refractivity contribution in [1.82, 2.24) is 0 Å². The molecule has 2 N–H and O–H groups in total. The Morgan fingerprint density at radius 2 is 1.77 bits per heavy atom. The topological polar surface area (TPSA) is 83.8 Å². The molecule has 4 aliphatic rings. The van der Waals surface area contributed by atoms with Gasteiger partial charge in [0.1, 0.15) is 11.9 Å². The molecule has 4 aliphatic carbocycles. The highest BCUT2D eigenvalue weighted by atomic mass is 16.5. The minimum absolute atomic E-state index is 0.0656. The van der Waals surface area contributed by atoms with Crippen LogP contribution in [-0.2, 0) is 14.3 Å². The number of fused-ring (bicyclic) bond motifs is 5. The third-order valence-corrected chi connectivity index (χ3v) is 10.4. The normalized spacial score (nSPS) is 48.9. The van der Waals surface area contributed by atoms with Crippen LogP contribution >= 0.6 is 0 Å². The van der Waals surface area contributed by atoms with Gasteiger partial charge in [-0.1, -0.05) is 27.7 Å². The number of ether oxygens (including phenoxy) is 1. The summed E-state index contributed by atoms with van der Waals surface area (Å²) in [4.78, 5) is 25.7. The van der Waals surface area contributed by atoms with Crippen molar-refractivity contribution in [2.45, 2.75) is 104 Å². The highest BCUT2D eigenvalue weighted by Gasteiger charge is 2.63. The second-order valence-corrected chi connectivity index (χ2v) is 11.9. The number of ketones is 1. The Labute approximate surface area is 187 Å². The molecule has 0 amide bonds. The first-order valence-corrected chi connectivity index (χ1v) is 12.6. The van der Waals surface area contributed by atoms with Gasteiger partial charge in [-0.2, -0.15) is 0 Å². The van der Waals surface area contributed by atoms with Gasteiger partial charge in [0.25, 0.3) is 0 Å². The van der Waals surface area contributed by atoms with Crippen LogP contribution in [0.25, 0.3) is 0 Å². The van der Waals surface area contributed by atoms with E-state index in [1.165, 1.54) is 0 Å². The van der Waals surface area contributed by atoms with Gasteiger partial charge in [-0.3, -0.25) is 9.59 Å². The van der Waals surface area contributed by atoms with E-state index in [0.717, 1.165) is 32.1 Å². The number of aliphatic hydroxyl groups is 2. The van der Waals surface area contributed by atoms with E-state index >= 15 is 0 Å². The van der Waals surface area contributed by atoms with Crippen molar-refractivity contribution in [2.75, 3.05) is 0 Å². The predicted molar refractivity (Wildman–Crippen MR) is 118 cm³/mol. The van der Waals surface area contributed by atoms with Gasteiger partial charge in [-0.25, -0.2) is 0 Å². The van der Waals surface area contributed by atoms with E-state index in [4.69, 9.17) is 4.74 Å². The molecule has 0 aromatic heterocycles. The second kappa shape index (κ2) is 8.13. The summed E-state index contributed by atoms with van der Waals surface area (Å²) in [6, 6.07) is 0. The standard InChI is InChI=1S/C26H42O5/c1-6-14(2)24(30)31-15(3)17-7-8-18-16-11-21(27)20-12-22(28)23(29)13-26(20,5)19(16)9-10-25(17,18)4/h14-20,22-23,28-29H,6-13H2,1-5H3/t14?,15-,16+,17-,18+,19+,20-,22+,23-,25-,26-/m1/s1. The number of carbonyl (C=O) groups is 2. The van der Waals surface area contributed by atoms with Gasteiger partial charge in [0.15, 0.2) is 0 Å². The molecule has 4 fully saturated rings. The van der Waals surface area contributed by atoms with Crippen molar-refractivity contribution >= 4 is 11.8 Å². The molecule has 31 heavy (non-hydrogen) atoms. The van der Waals surface area contributed by atoms with E-state index in [1.54, 1.807) is 0 Å². The van der Waals surface area contributed by atoms with Crippen molar-refractivity contribution in [3.63, 3.8) is 0 Å². The van der Waals surface area contributed by atoms with Gasteiger partial charge < -0.3 is 14.9 Å². The van der Waals surface area contributed by atoms with Crippen LogP contribution in [0.2, 0.25) is 0 Å². The molecule has 0 aliphatic heterocycles. The maximum atomic E-state index is 13.2. The lowest BCUT2D eigenvalue weighted by molar-refractivity contribution is -0.176. The van der Waals surface area contributed by atoms with Crippen LogP contribution in [0.15, 0.2) is 0 Å².